The predicted molar refractivity (Wildman–Crippen MR) is 84.9 cm³/mol. The fraction of sp³-hybridized carbons (Fsp3) is 0.250. The predicted octanol–water partition coefficient (Wildman–Crippen LogP) is 5.07. The van der Waals surface area contributed by atoms with Gasteiger partial charge in [-0.2, -0.15) is 0 Å². The highest BCUT2D eigenvalue weighted by atomic mass is 35.5. The molecule has 0 fully saturated rings. The van der Waals surface area contributed by atoms with Crippen molar-refractivity contribution in [3.05, 3.63) is 58.1 Å². The van der Waals surface area contributed by atoms with Crippen LogP contribution in [0.3, 0.4) is 0 Å². The Morgan fingerprint density at radius 3 is 2.15 bits per heavy atom. The Morgan fingerprint density at radius 2 is 1.60 bits per heavy atom. The maximum atomic E-state index is 5.94. The largest absolute Gasteiger partial charge is 0.457 e. The molecular weight excluding hydrogens is 293 g/mol. The second-order valence-electron chi connectivity index (χ2n) is 4.72. The van der Waals surface area contributed by atoms with Crippen LogP contribution in [0.25, 0.3) is 0 Å². The van der Waals surface area contributed by atoms with Gasteiger partial charge in [0, 0.05) is 16.1 Å². The van der Waals surface area contributed by atoms with Gasteiger partial charge >= 0.3 is 0 Å². The Kier molecular flexibility index (Phi) is 5.30. The highest BCUT2D eigenvalue weighted by Gasteiger charge is 2.04. The molecule has 106 valence electrons. The van der Waals surface area contributed by atoms with E-state index in [1.54, 1.807) is 18.2 Å². The third kappa shape index (κ3) is 4.41. The molecule has 0 spiro atoms. The monoisotopic (exact) mass is 309 g/mol. The lowest BCUT2D eigenvalue weighted by Crippen LogP contribution is -2.21. The van der Waals surface area contributed by atoms with E-state index in [1.807, 2.05) is 24.3 Å². The van der Waals surface area contributed by atoms with Crippen LogP contribution in [0.4, 0.5) is 0 Å². The van der Waals surface area contributed by atoms with Gasteiger partial charge in [0.15, 0.2) is 0 Å². The zero-order valence-corrected chi connectivity index (χ0v) is 12.8. The molecule has 0 bridgehead atoms. The summed E-state index contributed by atoms with van der Waals surface area (Å²) in [5, 5.41) is 1.11. The van der Waals surface area contributed by atoms with Crippen molar-refractivity contribution < 1.29 is 4.74 Å². The van der Waals surface area contributed by atoms with Crippen LogP contribution in [-0.2, 0) is 6.42 Å². The molecule has 0 saturated heterocycles. The Bertz CT molecular complexity index is 549. The number of hydrogen-bond donors (Lipinski definition) is 1. The number of ether oxygens (including phenoxy) is 1. The lowest BCUT2D eigenvalue weighted by Gasteiger charge is -2.10. The molecule has 2 N–H and O–H groups in total. The van der Waals surface area contributed by atoms with Crippen molar-refractivity contribution in [2.75, 3.05) is 0 Å². The molecule has 0 aliphatic carbocycles. The first kappa shape index (κ1) is 15.2. The Labute approximate surface area is 129 Å². The zero-order chi connectivity index (χ0) is 14.5. The normalized spacial score (nSPS) is 12.2. The van der Waals surface area contributed by atoms with E-state index in [0.717, 1.165) is 18.6 Å². The maximum absolute atomic E-state index is 5.94. The smallest absolute Gasteiger partial charge is 0.130 e. The summed E-state index contributed by atoms with van der Waals surface area (Å²) < 4.78 is 5.73. The van der Waals surface area contributed by atoms with Crippen LogP contribution in [0.15, 0.2) is 42.5 Å². The second-order valence-corrected chi connectivity index (χ2v) is 5.60. The second kappa shape index (κ2) is 6.98. The van der Waals surface area contributed by atoms with Crippen molar-refractivity contribution in [2.45, 2.75) is 25.8 Å². The van der Waals surface area contributed by atoms with E-state index in [0.29, 0.717) is 15.8 Å². The molecule has 0 aliphatic heterocycles. The average molecular weight is 310 g/mol. The summed E-state index contributed by atoms with van der Waals surface area (Å²) in [6, 6.07) is 13.2. The SMILES string of the molecule is CCC(N)Cc1ccc(Oc2cc(Cl)cc(Cl)c2)cc1. The number of nitrogens with two attached hydrogens (primary N) is 1. The molecule has 0 heterocycles. The van der Waals surface area contributed by atoms with Gasteiger partial charge < -0.3 is 10.5 Å². The van der Waals surface area contributed by atoms with Crippen LogP contribution in [0, 0.1) is 0 Å². The lowest BCUT2D eigenvalue weighted by atomic mass is 10.0. The molecule has 0 radical (unpaired) electrons. The number of benzene rings is 2. The summed E-state index contributed by atoms with van der Waals surface area (Å²) in [5.74, 6) is 1.37. The van der Waals surface area contributed by atoms with E-state index in [-0.39, 0.29) is 6.04 Å². The summed E-state index contributed by atoms with van der Waals surface area (Å²) in [5.41, 5.74) is 7.14. The van der Waals surface area contributed by atoms with E-state index < -0.39 is 0 Å². The summed E-state index contributed by atoms with van der Waals surface area (Å²) in [7, 11) is 0. The standard InChI is InChI=1S/C16H17Cl2NO/c1-2-14(19)7-11-3-5-15(6-4-11)20-16-9-12(17)8-13(18)10-16/h3-6,8-10,14H,2,7,19H2,1H3. The van der Waals surface area contributed by atoms with Crippen molar-refractivity contribution in [1.29, 1.82) is 0 Å². The lowest BCUT2D eigenvalue weighted by molar-refractivity contribution is 0.482. The summed E-state index contributed by atoms with van der Waals surface area (Å²) >= 11 is 11.9. The van der Waals surface area contributed by atoms with Gasteiger partial charge in [-0.3, -0.25) is 0 Å². The summed E-state index contributed by atoms with van der Waals surface area (Å²) in [6.07, 6.45) is 1.85. The molecule has 0 aliphatic rings. The minimum Gasteiger partial charge on any atom is -0.457 e. The molecule has 20 heavy (non-hydrogen) atoms. The fourth-order valence-corrected chi connectivity index (χ4v) is 2.37. The van der Waals surface area contributed by atoms with Crippen LogP contribution < -0.4 is 10.5 Å². The average Bonchev–Trinajstić information content (AvgIpc) is 2.39. The number of halogens is 2. The highest BCUT2D eigenvalue weighted by Crippen LogP contribution is 2.28. The van der Waals surface area contributed by atoms with Crippen molar-refractivity contribution in [2.24, 2.45) is 5.73 Å². The number of hydrogen-bond acceptors (Lipinski definition) is 2. The van der Waals surface area contributed by atoms with Crippen LogP contribution in [0.2, 0.25) is 10.0 Å². The summed E-state index contributed by atoms with van der Waals surface area (Å²) in [6.45, 7) is 2.09. The molecule has 0 saturated carbocycles. The van der Waals surface area contributed by atoms with Gasteiger partial charge in [-0.1, -0.05) is 42.3 Å². The van der Waals surface area contributed by atoms with Crippen LogP contribution in [0.5, 0.6) is 11.5 Å². The van der Waals surface area contributed by atoms with E-state index in [4.69, 9.17) is 33.7 Å². The maximum Gasteiger partial charge on any atom is 0.130 e. The van der Waals surface area contributed by atoms with Gasteiger partial charge in [-0.15, -0.1) is 0 Å². The molecule has 2 rings (SSSR count). The fourth-order valence-electron chi connectivity index (χ4n) is 1.86. The van der Waals surface area contributed by atoms with Crippen molar-refractivity contribution in [1.82, 2.24) is 0 Å². The molecule has 0 amide bonds. The van der Waals surface area contributed by atoms with Crippen molar-refractivity contribution in [3.8, 4) is 11.5 Å². The minimum atomic E-state index is 0.202. The van der Waals surface area contributed by atoms with Gasteiger partial charge in [0.25, 0.3) is 0 Å². The first-order valence-electron chi connectivity index (χ1n) is 6.55. The quantitative estimate of drug-likeness (QED) is 0.837. The molecule has 0 aromatic heterocycles. The van der Waals surface area contributed by atoms with Crippen LogP contribution in [0.1, 0.15) is 18.9 Å². The van der Waals surface area contributed by atoms with Gasteiger partial charge in [-0.05, 0) is 48.7 Å². The molecule has 2 aromatic rings. The van der Waals surface area contributed by atoms with Crippen molar-refractivity contribution >= 4 is 23.2 Å². The Morgan fingerprint density at radius 1 is 1.00 bits per heavy atom. The van der Waals surface area contributed by atoms with E-state index >= 15 is 0 Å². The molecule has 1 atom stereocenters. The molecule has 4 heteroatoms. The van der Waals surface area contributed by atoms with Gasteiger partial charge in [0.2, 0.25) is 0 Å². The molecule has 2 aromatic carbocycles. The first-order valence-corrected chi connectivity index (χ1v) is 7.31. The molecule has 1 unspecified atom stereocenters. The third-order valence-corrected chi connectivity index (χ3v) is 3.45. The minimum absolute atomic E-state index is 0.202. The molecular formula is C16H17Cl2NO. The van der Waals surface area contributed by atoms with E-state index in [1.165, 1.54) is 5.56 Å². The van der Waals surface area contributed by atoms with Gasteiger partial charge in [0.05, 0.1) is 0 Å². The zero-order valence-electron chi connectivity index (χ0n) is 11.3. The van der Waals surface area contributed by atoms with Crippen LogP contribution in [-0.4, -0.2) is 6.04 Å². The summed E-state index contributed by atoms with van der Waals surface area (Å²) in [4.78, 5) is 0. The molecule has 2 nitrogen and oxygen atoms in total. The highest BCUT2D eigenvalue weighted by molar-refractivity contribution is 6.34. The Hall–Kier alpha value is -1.22. The van der Waals surface area contributed by atoms with Gasteiger partial charge in [0.1, 0.15) is 11.5 Å². The topological polar surface area (TPSA) is 35.2 Å². The Balaban J connectivity index is 2.06. The number of rotatable bonds is 5. The van der Waals surface area contributed by atoms with E-state index in [9.17, 15) is 0 Å². The first-order chi connectivity index (χ1) is 9.56. The third-order valence-electron chi connectivity index (χ3n) is 3.02. The van der Waals surface area contributed by atoms with Crippen molar-refractivity contribution in [3.63, 3.8) is 0 Å². The van der Waals surface area contributed by atoms with E-state index in [2.05, 4.69) is 6.92 Å². The van der Waals surface area contributed by atoms with Gasteiger partial charge in [-0.25, -0.2) is 0 Å². The van der Waals surface area contributed by atoms with Crippen LogP contribution >= 0.6 is 23.2 Å².